The van der Waals surface area contributed by atoms with Crippen molar-refractivity contribution in [2.75, 3.05) is 5.73 Å². The molecule has 0 unspecified atom stereocenters. The molecule has 4 heteroatoms. The van der Waals surface area contributed by atoms with E-state index in [9.17, 15) is 4.79 Å². The van der Waals surface area contributed by atoms with Crippen LogP contribution in [0.5, 0.6) is 0 Å². The van der Waals surface area contributed by atoms with E-state index in [-0.39, 0.29) is 5.56 Å². The van der Waals surface area contributed by atoms with Crippen LogP contribution in [-0.4, -0.2) is 4.98 Å². The molecule has 3 N–H and O–H groups in total. The molecule has 0 radical (unpaired) electrons. The zero-order valence-electron chi connectivity index (χ0n) is 7.78. The second-order valence-electron chi connectivity index (χ2n) is 3.42. The number of hydrogen-bond donors (Lipinski definition) is 2. The van der Waals surface area contributed by atoms with Crippen molar-refractivity contribution < 1.29 is 0 Å². The van der Waals surface area contributed by atoms with Crippen molar-refractivity contribution in [2.45, 2.75) is 0 Å². The first-order valence-electron chi connectivity index (χ1n) is 4.54. The lowest BCUT2D eigenvalue weighted by atomic mass is 10.2. The zero-order chi connectivity index (χ0) is 10.4. The third-order valence-corrected chi connectivity index (χ3v) is 3.39. The Morgan fingerprint density at radius 2 is 2.07 bits per heavy atom. The summed E-state index contributed by atoms with van der Waals surface area (Å²) in [6, 6.07) is 7.42. The fourth-order valence-corrected chi connectivity index (χ4v) is 2.68. The van der Waals surface area contributed by atoms with E-state index in [1.165, 1.54) is 0 Å². The van der Waals surface area contributed by atoms with Gasteiger partial charge in [0.25, 0.3) is 5.56 Å². The first-order valence-corrected chi connectivity index (χ1v) is 5.42. The molecule has 3 aromatic rings. The van der Waals surface area contributed by atoms with E-state index in [2.05, 4.69) is 4.98 Å². The van der Waals surface area contributed by atoms with Gasteiger partial charge in [0.15, 0.2) is 0 Å². The molecule has 3 rings (SSSR count). The highest BCUT2D eigenvalue weighted by atomic mass is 32.1. The van der Waals surface area contributed by atoms with Crippen molar-refractivity contribution >= 4 is 38.0 Å². The number of H-pyrrole nitrogens is 1. The van der Waals surface area contributed by atoms with E-state index < -0.39 is 0 Å². The van der Waals surface area contributed by atoms with Gasteiger partial charge in [-0.05, 0) is 29.6 Å². The number of thiophene rings is 1. The second-order valence-corrected chi connectivity index (χ2v) is 4.34. The molecule has 2 heterocycles. The Morgan fingerprint density at radius 1 is 1.20 bits per heavy atom. The Morgan fingerprint density at radius 3 is 2.93 bits per heavy atom. The molecule has 0 aliphatic carbocycles. The van der Waals surface area contributed by atoms with Gasteiger partial charge in [-0.25, -0.2) is 0 Å². The number of fused-ring (bicyclic) bond motifs is 3. The molecule has 2 aromatic heterocycles. The minimum Gasteiger partial charge on any atom is -0.399 e. The van der Waals surface area contributed by atoms with E-state index >= 15 is 0 Å². The monoisotopic (exact) mass is 216 g/mol. The molecule has 0 aliphatic heterocycles. The van der Waals surface area contributed by atoms with Crippen molar-refractivity contribution in [1.82, 2.24) is 4.98 Å². The molecule has 0 bridgehead atoms. The highest BCUT2D eigenvalue weighted by molar-refractivity contribution is 7.18. The van der Waals surface area contributed by atoms with Gasteiger partial charge in [0.2, 0.25) is 0 Å². The summed E-state index contributed by atoms with van der Waals surface area (Å²) in [4.78, 5) is 14.5. The van der Waals surface area contributed by atoms with Gasteiger partial charge in [-0.2, -0.15) is 0 Å². The zero-order valence-corrected chi connectivity index (χ0v) is 8.60. The summed E-state index contributed by atoms with van der Waals surface area (Å²) in [6.45, 7) is 0. The van der Waals surface area contributed by atoms with Gasteiger partial charge in [-0.3, -0.25) is 4.79 Å². The molecule has 15 heavy (non-hydrogen) atoms. The first-order chi connectivity index (χ1) is 7.25. The number of anilines is 1. The van der Waals surface area contributed by atoms with Gasteiger partial charge in [0, 0.05) is 15.8 Å². The molecule has 0 aliphatic rings. The highest BCUT2D eigenvalue weighted by Gasteiger charge is 2.05. The molecular weight excluding hydrogens is 208 g/mol. The van der Waals surface area contributed by atoms with Crippen LogP contribution in [0.2, 0.25) is 0 Å². The van der Waals surface area contributed by atoms with Crippen LogP contribution in [0.4, 0.5) is 5.69 Å². The third kappa shape index (κ3) is 1.15. The summed E-state index contributed by atoms with van der Waals surface area (Å²) in [6.07, 6.45) is 0. The van der Waals surface area contributed by atoms with Crippen LogP contribution in [0.25, 0.3) is 21.0 Å². The molecule has 74 valence electrons. The van der Waals surface area contributed by atoms with E-state index in [0.717, 1.165) is 21.0 Å². The number of nitrogen functional groups attached to an aromatic ring is 1. The van der Waals surface area contributed by atoms with Gasteiger partial charge in [0.05, 0.1) is 10.9 Å². The predicted octanol–water partition coefficient (Wildman–Crippen LogP) is 2.33. The normalized spacial score (nSPS) is 11.2. The van der Waals surface area contributed by atoms with Crippen molar-refractivity contribution in [3.8, 4) is 0 Å². The largest absolute Gasteiger partial charge is 0.399 e. The average molecular weight is 216 g/mol. The van der Waals surface area contributed by atoms with Crippen molar-refractivity contribution in [2.24, 2.45) is 0 Å². The summed E-state index contributed by atoms with van der Waals surface area (Å²) in [7, 11) is 0. The van der Waals surface area contributed by atoms with Crippen LogP contribution < -0.4 is 11.3 Å². The number of aromatic amines is 1. The molecule has 3 nitrogen and oxygen atoms in total. The number of pyridine rings is 1. The van der Waals surface area contributed by atoms with Crippen molar-refractivity contribution in [3.05, 3.63) is 40.0 Å². The van der Waals surface area contributed by atoms with Crippen molar-refractivity contribution in [3.63, 3.8) is 0 Å². The minimum absolute atomic E-state index is 0.0515. The van der Waals surface area contributed by atoms with Crippen LogP contribution in [0.15, 0.2) is 34.4 Å². The lowest BCUT2D eigenvalue weighted by molar-refractivity contribution is 1.35. The minimum atomic E-state index is -0.0515. The number of benzene rings is 1. The molecule has 0 saturated carbocycles. The SMILES string of the molecule is Nc1ccc2c(c1)[nH]c(=O)c1ccsc12. The third-order valence-electron chi connectivity index (χ3n) is 2.45. The number of nitrogens with two attached hydrogens (primary N) is 1. The van der Waals surface area contributed by atoms with Crippen LogP contribution >= 0.6 is 11.3 Å². The van der Waals surface area contributed by atoms with E-state index in [0.29, 0.717) is 5.69 Å². The molecule has 0 spiro atoms. The lowest BCUT2D eigenvalue weighted by Crippen LogP contribution is -2.04. The molecular formula is C11H8N2OS. The topological polar surface area (TPSA) is 58.9 Å². The summed E-state index contributed by atoms with van der Waals surface area (Å²) in [5, 5.41) is 3.72. The van der Waals surface area contributed by atoms with Gasteiger partial charge in [-0.15, -0.1) is 11.3 Å². The fourth-order valence-electron chi connectivity index (χ4n) is 1.75. The van der Waals surface area contributed by atoms with Crippen LogP contribution in [0.1, 0.15) is 0 Å². The Labute approximate surface area is 89.2 Å². The quantitative estimate of drug-likeness (QED) is 0.566. The molecule has 0 fully saturated rings. The maximum absolute atomic E-state index is 11.7. The van der Waals surface area contributed by atoms with Gasteiger partial charge in [0.1, 0.15) is 0 Å². The Hall–Kier alpha value is -1.81. The molecule has 0 saturated heterocycles. The summed E-state index contributed by atoms with van der Waals surface area (Å²) in [5.74, 6) is 0. The number of hydrogen-bond acceptors (Lipinski definition) is 3. The smallest absolute Gasteiger partial charge is 0.257 e. The first kappa shape index (κ1) is 8.49. The Bertz CT molecular complexity index is 711. The highest BCUT2D eigenvalue weighted by Crippen LogP contribution is 2.26. The molecule has 0 amide bonds. The van der Waals surface area contributed by atoms with E-state index in [4.69, 9.17) is 5.73 Å². The van der Waals surface area contributed by atoms with Crippen LogP contribution in [-0.2, 0) is 0 Å². The summed E-state index contributed by atoms with van der Waals surface area (Å²) in [5.41, 5.74) is 7.09. The number of rotatable bonds is 0. The molecule has 1 aromatic carbocycles. The van der Waals surface area contributed by atoms with Gasteiger partial charge >= 0.3 is 0 Å². The van der Waals surface area contributed by atoms with Crippen LogP contribution in [0, 0.1) is 0 Å². The van der Waals surface area contributed by atoms with Crippen LogP contribution in [0.3, 0.4) is 0 Å². The van der Waals surface area contributed by atoms with E-state index in [1.54, 1.807) is 17.4 Å². The maximum Gasteiger partial charge on any atom is 0.257 e. The lowest BCUT2D eigenvalue weighted by Gasteiger charge is -2.00. The summed E-state index contributed by atoms with van der Waals surface area (Å²) >= 11 is 1.58. The standard InChI is InChI=1S/C11H8N2OS/c12-6-1-2-7-9(5-6)13-11(14)8-3-4-15-10(7)8/h1-5H,12H2,(H,13,14). The number of aromatic nitrogens is 1. The molecule has 0 atom stereocenters. The van der Waals surface area contributed by atoms with Gasteiger partial charge < -0.3 is 10.7 Å². The van der Waals surface area contributed by atoms with Crippen molar-refractivity contribution in [1.29, 1.82) is 0 Å². The fraction of sp³-hybridized carbons (Fsp3) is 0. The maximum atomic E-state index is 11.7. The second kappa shape index (κ2) is 2.84. The average Bonchev–Trinajstić information content (AvgIpc) is 2.66. The number of nitrogens with one attached hydrogen (secondary N) is 1. The predicted molar refractivity (Wildman–Crippen MR) is 64.4 cm³/mol. The summed E-state index contributed by atoms with van der Waals surface area (Å²) < 4.78 is 1.02. The Balaban J connectivity index is 2.66. The Kier molecular flexibility index (Phi) is 1.61. The van der Waals surface area contributed by atoms with Gasteiger partial charge in [-0.1, -0.05) is 0 Å². The van der Waals surface area contributed by atoms with E-state index in [1.807, 2.05) is 23.6 Å².